The van der Waals surface area contributed by atoms with Crippen LogP contribution in [0, 0.1) is 6.92 Å². The van der Waals surface area contributed by atoms with Crippen molar-refractivity contribution in [1.29, 1.82) is 0 Å². The van der Waals surface area contributed by atoms with Gasteiger partial charge in [-0.25, -0.2) is 9.71 Å². The molecule has 1 N–H and O–H groups in total. The number of rotatable bonds is 5. The highest BCUT2D eigenvalue weighted by Crippen LogP contribution is 2.19. The molecule has 19 heavy (non-hydrogen) atoms. The number of hydrogen-bond acceptors (Lipinski definition) is 4. The molecule has 0 saturated carbocycles. The summed E-state index contributed by atoms with van der Waals surface area (Å²) >= 11 is 1.59. The van der Waals surface area contributed by atoms with Crippen molar-refractivity contribution in [2.75, 3.05) is 13.1 Å². The summed E-state index contributed by atoms with van der Waals surface area (Å²) in [4.78, 5) is 4.33. The van der Waals surface area contributed by atoms with Crippen molar-refractivity contribution in [2.24, 2.45) is 0 Å². The summed E-state index contributed by atoms with van der Waals surface area (Å²) in [6.07, 6.45) is 3.67. The van der Waals surface area contributed by atoms with Gasteiger partial charge in [0.15, 0.2) is 0 Å². The molecule has 1 saturated heterocycles. The van der Waals surface area contributed by atoms with Crippen LogP contribution < -0.4 is 4.72 Å². The summed E-state index contributed by atoms with van der Waals surface area (Å²) in [5, 5.41) is 3.00. The predicted molar refractivity (Wildman–Crippen MR) is 77.5 cm³/mol. The molecule has 0 radical (unpaired) electrons. The van der Waals surface area contributed by atoms with Gasteiger partial charge in [0.25, 0.3) is 10.2 Å². The van der Waals surface area contributed by atoms with Crippen LogP contribution >= 0.6 is 11.3 Å². The second-order valence-corrected chi connectivity index (χ2v) is 7.73. The fourth-order valence-corrected chi connectivity index (χ4v) is 4.46. The second kappa shape index (κ2) is 6.30. The highest BCUT2D eigenvalue weighted by molar-refractivity contribution is 7.87. The first kappa shape index (κ1) is 14.9. The molecular weight excluding hydrogens is 282 g/mol. The van der Waals surface area contributed by atoms with Crippen LogP contribution in [0.5, 0.6) is 0 Å². The number of aryl methyl sites for hydroxylation is 1. The highest BCUT2D eigenvalue weighted by atomic mass is 32.2. The number of piperidine rings is 1. The van der Waals surface area contributed by atoms with Crippen molar-refractivity contribution in [3.8, 4) is 0 Å². The van der Waals surface area contributed by atoms with Gasteiger partial charge in [-0.05, 0) is 26.7 Å². The van der Waals surface area contributed by atoms with Crippen LogP contribution in [0.25, 0.3) is 0 Å². The van der Waals surface area contributed by atoms with Gasteiger partial charge in [0, 0.05) is 30.9 Å². The Bertz CT molecular complexity index is 513. The van der Waals surface area contributed by atoms with E-state index >= 15 is 0 Å². The summed E-state index contributed by atoms with van der Waals surface area (Å²) in [6.45, 7) is 4.97. The van der Waals surface area contributed by atoms with Crippen molar-refractivity contribution in [1.82, 2.24) is 14.0 Å². The van der Waals surface area contributed by atoms with Gasteiger partial charge < -0.3 is 0 Å². The Morgan fingerprint density at radius 1 is 1.53 bits per heavy atom. The van der Waals surface area contributed by atoms with E-state index in [0.29, 0.717) is 19.5 Å². The highest BCUT2D eigenvalue weighted by Gasteiger charge is 2.28. The smallest absolute Gasteiger partial charge is 0.247 e. The molecule has 2 heterocycles. The van der Waals surface area contributed by atoms with Crippen LogP contribution in [-0.4, -0.2) is 36.8 Å². The fraction of sp³-hybridized carbons (Fsp3) is 0.750. The third kappa shape index (κ3) is 3.98. The molecule has 5 nitrogen and oxygen atoms in total. The lowest BCUT2D eigenvalue weighted by Crippen LogP contribution is -2.48. The zero-order valence-corrected chi connectivity index (χ0v) is 13.1. The van der Waals surface area contributed by atoms with E-state index in [0.717, 1.165) is 30.0 Å². The standard InChI is InChI=1S/C12H21N3O2S2/c1-10-5-3-4-8-15(10)19(16,17)13-7-6-12-9-18-11(2)14-12/h9-10,13H,3-8H2,1-2H3. The molecule has 0 amide bonds. The Labute approximate surface area is 119 Å². The third-order valence-electron chi connectivity index (χ3n) is 3.38. The lowest BCUT2D eigenvalue weighted by molar-refractivity contribution is 0.265. The molecule has 0 spiro atoms. The summed E-state index contributed by atoms with van der Waals surface area (Å²) in [6, 6.07) is 0.104. The molecular formula is C12H21N3O2S2. The maximum absolute atomic E-state index is 12.2. The number of aromatic nitrogens is 1. The normalized spacial score (nSPS) is 21.7. The van der Waals surface area contributed by atoms with E-state index in [2.05, 4.69) is 9.71 Å². The maximum Gasteiger partial charge on any atom is 0.279 e. The van der Waals surface area contributed by atoms with Gasteiger partial charge in [0.1, 0.15) is 0 Å². The molecule has 1 fully saturated rings. The van der Waals surface area contributed by atoms with Gasteiger partial charge >= 0.3 is 0 Å². The van der Waals surface area contributed by atoms with Gasteiger partial charge in [-0.1, -0.05) is 6.42 Å². The van der Waals surface area contributed by atoms with E-state index in [4.69, 9.17) is 0 Å². The Morgan fingerprint density at radius 3 is 2.95 bits per heavy atom. The average molecular weight is 303 g/mol. The summed E-state index contributed by atoms with van der Waals surface area (Å²) in [7, 11) is -3.34. The molecule has 108 valence electrons. The van der Waals surface area contributed by atoms with Crippen LogP contribution in [0.2, 0.25) is 0 Å². The van der Waals surface area contributed by atoms with Crippen LogP contribution in [0.3, 0.4) is 0 Å². The van der Waals surface area contributed by atoms with Gasteiger partial charge in [-0.2, -0.15) is 12.7 Å². The molecule has 1 aliphatic heterocycles. The Balaban J connectivity index is 1.86. The molecule has 1 unspecified atom stereocenters. The molecule has 0 aliphatic carbocycles. The van der Waals surface area contributed by atoms with Gasteiger partial charge in [-0.15, -0.1) is 11.3 Å². The lowest BCUT2D eigenvalue weighted by Gasteiger charge is -2.32. The van der Waals surface area contributed by atoms with Crippen molar-refractivity contribution < 1.29 is 8.42 Å². The van der Waals surface area contributed by atoms with Gasteiger partial charge in [0.2, 0.25) is 0 Å². The SMILES string of the molecule is Cc1nc(CCNS(=O)(=O)N2CCCCC2C)cs1. The molecule has 1 atom stereocenters. The topological polar surface area (TPSA) is 62.3 Å². The van der Waals surface area contributed by atoms with Crippen molar-refractivity contribution in [3.05, 3.63) is 16.1 Å². The second-order valence-electron chi connectivity index (χ2n) is 4.96. The first-order valence-electron chi connectivity index (χ1n) is 6.66. The molecule has 1 aliphatic rings. The lowest BCUT2D eigenvalue weighted by atomic mass is 10.1. The molecule has 2 rings (SSSR count). The zero-order chi connectivity index (χ0) is 13.9. The van der Waals surface area contributed by atoms with Crippen LogP contribution in [0.4, 0.5) is 0 Å². The van der Waals surface area contributed by atoms with E-state index < -0.39 is 10.2 Å². The average Bonchev–Trinajstić information content (AvgIpc) is 2.75. The van der Waals surface area contributed by atoms with Crippen LogP contribution in [0.1, 0.15) is 36.9 Å². The monoisotopic (exact) mass is 303 g/mol. The number of nitrogens with zero attached hydrogens (tertiary/aromatic N) is 2. The van der Waals surface area contributed by atoms with Crippen molar-refractivity contribution >= 4 is 21.5 Å². The van der Waals surface area contributed by atoms with E-state index in [-0.39, 0.29) is 6.04 Å². The van der Waals surface area contributed by atoms with E-state index in [9.17, 15) is 8.42 Å². The number of hydrogen-bond donors (Lipinski definition) is 1. The molecule has 0 aromatic carbocycles. The first-order valence-corrected chi connectivity index (χ1v) is 8.98. The van der Waals surface area contributed by atoms with Crippen molar-refractivity contribution in [2.45, 2.75) is 45.6 Å². The van der Waals surface area contributed by atoms with Crippen molar-refractivity contribution in [3.63, 3.8) is 0 Å². The third-order valence-corrected chi connectivity index (χ3v) is 5.93. The summed E-state index contributed by atoms with van der Waals surface area (Å²) in [5.74, 6) is 0. The first-order chi connectivity index (χ1) is 8.99. The quantitative estimate of drug-likeness (QED) is 0.900. The Kier molecular flexibility index (Phi) is 4.94. The van der Waals surface area contributed by atoms with Gasteiger partial charge in [-0.3, -0.25) is 0 Å². The molecule has 1 aromatic heterocycles. The largest absolute Gasteiger partial charge is 0.279 e. The molecule has 7 heteroatoms. The van der Waals surface area contributed by atoms with Crippen LogP contribution in [-0.2, 0) is 16.6 Å². The number of thiazole rings is 1. The minimum absolute atomic E-state index is 0.104. The minimum atomic E-state index is -3.34. The molecule has 0 bridgehead atoms. The van der Waals surface area contributed by atoms with E-state index in [1.54, 1.807) is 15.6 Å². The summed E-state index contributed by atoms with van der Waals surface area (Å²) < 4.78 is 28.6. The molecule has 1 aromatic rings. The van der Waals surface area contributed by atoms with E-state index in [1.807, 2.05) is 19.2 Å². The number of nitrogens with one attached hydrogen (secondary N) is 1. The van der Waals surface area contributed by atoms with E-state index in [1.165, 1.54) is 0 Å². The minimum Gasteiger partial charge on any atom is -0.247 e. The fourth-order valence-electron chi connectivity index (χ4n) is 2.34. The van der Waals surface area contributed by atoms with Crippen LogP contribution in [0.15, 0.2) is 5.38 Å². The zero-order valence-electron chi connectivity index (χ0n) is 11.4. The predicted octanol–water partition coefficient (Wildman–Crippen LogP) is 1.70. The Hall–Kier alpha value is -0.500. The maximum atomic E-state index is 12.2. The van der Waals surface area contributed by atoms with Gasteiger partial charge in [0.05, 0.1) is 10.7 Å². The summed E-state index contributed by atoms with van der Waals surface area (Å²) in [5.41, 5.74) is 0.955. The Morgan fingerprint density at radius 2 is 2.32 bits per heavy atom.